The van der Waals surface area contributed by atoms with Crippen molar-refractivity contribution in [3.8, 4) is 28.5 Å². The molecule has 1 aliphatic heterocycles. The lowest BCUT2D eigenvalue weighted by atomic mass is 9.83. The van der Waals surface area contributed by atoms with Gasteiger partial charge in [0.05, 0.1) is 11.3 Å². The Kier molecular flexibility index (Phi) is 5.34. The van der Waals surface area contributed by atoms with Crippen LogP contribution in [0.15, 0.2) is 78.9 Å². The summed E-state index contributed by atoms with van der Waals surface area (Å²) in [5, 5.41) is 14.7. The average molecular weight is 440 g/mol. The lowest BCUT2D eigenvalue weighted by Gasteiger charge is -2.29. The Hall–Kier alpha value is -4.06. The van der Waals surface area contributed by atoms with Crippen LogP contribution in [0.25, 0.3) is 11.3 Å². The molecule has 166 valence electrons. The first-order valence-corrected chi connectivity index (χ1v) is 11.0. The summed E-state index contributed by atoms with van der Waals surface area (Å²) in [7, 11) is 0. The molecule has 0 fully saturated rings. The van der Waals surface area contributed by atoms with Crippen LogP contribution in [-0.2, 0) is 6.54 Å². The summed E-state index contributed by atoms with van der Waals surface area (Å²) in [6.45, 7) is 2.72. The minimum Gasteiger partial charge on any atom is -0.508 e. The zero-order chi connectivity index (χ0) is 22.9. The molecular weight excluding hydrogens is 414 g/mol. The molecule has 0 radical (unpaired) electrons. The van der Waals surface area contributed by atoms with E-state index in [1.807, 2.05) is 71.4 Å². The summed E-state index contributed by atoms with van der Waals surface area (Å²) in [5.74, 6) is 1.52. The minimum absolute atomic E-state index is 0.0931. The molecular formula is C27H25N3O3. The number of rotatable bonds is 5. The molecule has 5 rings (SSSR count). The van der Waals surface area contributed by atoms with Gasteiger partial charge in [0.2, 0.25) is 0 Å². The lowest BCUT2D eigenvalue weighted by molar-refractivity contribution is 0.0998. The first kappa shape index (κ1) is 20.8. The Morgan fingerprint density at radius 3 is 2.45 bits per heavy atom. The van der Waals surface area contributed by atoms with Gasteiger partial charge in [-0.1, -0.05) is 37.3 Å². The molecule has 0 spiro atoms. The van der Waals surface area contributed by atoms with Crippen molar-refractivity contribution in [2.45, 2.75) is 31.7 Å². The number of hydrogen-bond acceptors (Lipinski definition) is 4. The highest BCUT2D eigenvalue weighted by Gasteiger charge is 2.33. The minimum atomic E-state index is -0.474. The smallest absolute Gasteiger partial charge is 0.252 e. The number of aromatic hydroxyl groups is 1. The van der Waals surface area contributed by atoms with Crippen molar-refractivity contribution in [1.82, 2.24) is 9.78 Å². The fourth-order valence-corrected chi connectivity index (χ4v) is 4.71. The monoisotopic (exact) mass is 439 g/mol. The number of phenols is 1. The average Bonchev–Trinajstić information content (AvgIpc) is 3.21. The summed E-state index contributed by atoms with van der Waals surface area (Å²) < 4.78 is 7.79. The molecule has 3 aromatic carbocycles. The number of carbonyl (C=O) groups excluding carboxylic acids is 1. The number of primary amides is 1. The van der Waals surface area contributed by atoms with E-state index in [-0.39, 0.29) is 17.6 Å². The first-order valence-electron chi connectivity index (χ1n) is 11.0. The Morgan fingerprint density at radius 2 is 1.76 bits per heavy atom. The molecule has 0 bridgehead atoms. The molecule has 0 saturated heterocycles. The second-order valence-electron chi connectivity index (χ2n) is 8.52. The number of carbonyl (C=O) groups is 1. The van der Waals surface area contributed by atoms with Crippen molar-refractivity contribution < 1.29 is 14.6 Å². The number of benzene rings is 3. The fraction of sp³-hybridized carbons (Fsp3) is 0.185. The molecule has 1 aliphatic rings. The van der Waals surface area contributed by atoms with Gasteiger partial charge >= 0.3 is 0 Å². The molecule has 33 heavy (non-hydrogen) atoms. The van der Waals surface area contributed by atoms with Crippen molar-refractivity contribution in [1.29, 1.82) is 0 Å². The highest BCUT2D eigenvalue weighted by Crippen LogP contribution is 2.41. The van der Waals surface area contributed by atoms with Gasteiger partial charge in [-0.3, -0.25) is 9.48 Å². The number of amides is 1. The maximum absolute atomic E-state index is 12.5. The zero-order valence-electron chi connectivity index (χ0n) is 18.3. The van der Waals surface area contributed by atoms with Gasteiger partial charge in [-0.2, -0.15) is 5.10 Å². The number of aromatic nitrogens is 2. The SMILES string of the molecule is CC1CC(c2cccc(O)c2)Cn2nc(-c3ccc(Oc4ccccc4)cc3)c(C(N)=O)c21. The summed E-state index contributed by atoms with van der Waals surface area (Å²) in [6, 6.07) is 24.4. The fourth-order valence-electron chi connectivity index (χ4n) is 4.71. The standard InChI is InChI=1S/C27H25N3O3/c1-17-14-20(19-6-5-7-21(31)15-19)16-30-26(17)24(27(28)32)25(29-30)18-10-12-23(13-11-18)33-22-8-3-2-4-9-22/h2-13,15,17,20,31H,14,16H2,1H3,(H2,28,32). The summed E-state index contributed by atoms with van der Waals surface area (Å²) in [4.78, 5) is 12.5. The normalized spacial score (nSPS) is 17.4. The number of phenolic OH excluding ortho intramolecular Hbond substituents is 1. The third kappa shape index (κ3) is 4.07. The molecule has 4 aromatic rings. The predicted octanol–water partition coefficient (Wildman–Crippen LogP) is 5.44. The van der Waals surface area contributed by atoms with E-state index in [9.17, 15) is 9.90 Å². The van der Waals surface area contributed by atoms with Gasteiger partial charge in [-0.25, -0.2) is 0 Å². The Balaban J connectivity index is 1.48. The molecule has 2 heterocycles. The van der Waals surface area contributed by atoms with Crippen molar-refractivity contribution in [2.24, 2.45) is 5.73 Å². The molecule has 2 atom stereocenters. The molecule has 1 amide bonds. The predicted molar refractivity (Wildman–Crippen MR) is 127 cm³/mol. The van der Waals surface area contributed by atoms with Crippen molar-refractivity contribution in [3.63, 3.8) is 0 Å². The lowest BCUT2D eigenvalue weighted by Crippen LogP contribution is -2.24. The number of ether oxygens (including phenoxy) is 1. The molecule has 6 nitrogen and oxygen atoms in total. The van der Waals surface area contributed by atoms with Crippen LogP contribution in [0, 0.1) is 0 Å². The van der Waals surface area contributed by atoms with Crippen LogP contribution in [0.4, 0.5) is 0 Å². The van der Waals surface area contributed by atoms with Crippen LogP contribution < -0.4 is 10.5 Å². The highest BCUT2D eigenvalue weighted by molar-refractivity contribution is 6.00. The molecule has 2 unspecified atom stereocenters. The summed E-state index contributed by atoms with van der Waals surface area (Å²) >= 11 is 0. The van der Waals surface area contributed by atoms with Gasteiger partial charge in [0.1, 0.15) is 22.9 Å². The molecule has 0 aliphatic carbocycles. The number of nitrogens with zero attached hydrogens (tertiary/aromatic N) is 2. The number of para-hydroxylation sites is 1. The van der Waals surface area contributed by atoms with Crippen LogP contribution >= 0.6 is 0 Å². The largest absolute Gasteiger partial charge is 0.508 e. The van der Waals surface area contributed by atoms with Crippen LogP contribution in [-0.4, -0.2) is 20.8 Å². The van der Waals surface area contributed by atoms with Gasteiger partial charge in [0, 0.05) is 18.0 Å². The van der Waals surface area contributed by atoms with E-state index in [0.29, 0.717) is 23.6 Å². The van der Waals surface area contributed by atoms with E-state index < -0.39 is 5.91 Å². The second-order valence-corrected chi connectivity index (χ2v) is 8.52. The van der Waals surface area contributed by atoms with Gasteiger partial charge in [-0.05, 0) is 66.4 Å². The van der Waals surface area contributed by atoms with Crippen LogP contribution in [0.1, 0.15) is 46.8 Å². The van der Waals surface area contributed by atoms with E-state index in [4.69, 9.17) is 15.6 Å². The molecule has 0 saturated carbocycles. The Morgan fingerprint density at radius 1 is 1.03 bits per heavy atom. The zero-order valence-corrected chi connectivity index (χ0v) is 18.3. The van der Waals surface area contributed by atoms with Gasteiger partial charge in [0.15, 0.2) is 0 Å². The number of fused-ring (bicyclic) bond motifs is 1. The summed E-state index contributed by atoms with van der Waals surface area (Å²) in [6.07, 6.45) is 0.846. The van der Waals surface area contributed by atoms with Gasteiger partial charge < -0.3 is 15.6 Å². The van der Waals surface area contributed by atoms with E-state index in [1.165, 1.54) is 0 Å². The maximum atomic E-state index is 12.5. The van der Waals surface area contributed by atoms with E-state index >= 15 is 0 Å². The molecule has 6 heteroatoms. The molecule has 1 aromatic heterocycles. The van der Waals surface area contributed by atoms with Crippen LogP contribution in [0.5, 0.6) is 17.2 Å². The third-order valence-electron chi connectivity index (χ3n) is 6.18. The third-order valence-corrected chi connectivity index (χ3v) is 6.18. The van der Waals surface area contributed by atoms with Crippen molar-refractivity contribution >= 4 is 5.91 Å². The van der Waals surface area contributed by atoms with Gasteiger partial charge in [-0.15, -0.1) is 0 Å². The molecule has 3 N–H and O–H groups in total. The first-order chi connectivity index (χ1) is 16.0. The Labute approximate surface area is 192 Å². The topological polar surface area (TPSA) is 90.4 Å². The van der Waals surface area contributed by atoms with Crippen molar-refractivity contribution in [2.75, 3.05) is 0 Å². The quantitative estimate of drug-likeness (QED) is 0.433. The highest BCUT2D eigenvalue weighted by atomic mass is 16.5. The van der Waals surface area contributed by atoms with Crippen molar-refractivity contribution in [3.05, 3.63) is 95.7 Å². The van der Waals surface area contributed by atoms with Gasteiger partial charge in [0.25, 0.3) is 5.91 Å². The maximum Gasteiger partial charge on any atom is 0.252 e. The van der Waals surface area contributed by atoms with Crippen LogP contribution in [0.2, 0.25) is 0 Å². The Bertz CT molecular complexity index is 1300. The van der Waals surface area contributed by atoms with Crippen LogP contribution in [0.3, 0.4) is 0 Å². The number of hydrogen-bond donors (Lipinski definition) is 2. The van der Waals surface area contributed by atoms with E-state index in [2.05, 4.69) is 6.92 Å². The second kappa shape index (κ2) is 8.47. The number of nitrogens with two attached hydrogens (primary N) is 1. The van der Waals surface area contributed by atoms with E-state index in [0.717, 1.165) is 29.0 Å². The summed E-state index contributed by atoms with van der Waals surface area (Å²) in [5.41, 5.74) is 9.65. The van der Waals surface area contributed by atoms with E-state index in [1.54, 1.807) is 12.1 Å².